The number of nitrogens with zero attached hydrogens (tertiary/aromatic N) is 1. The monoisotopic (exact) mass is 140 g/mol. The number of allylic oxidation sites excluding steroid dienone is 1. The van der Waals surface area contributed by atoms with E-state index in [-0.39, 0.29) is 0 Å². The van der Waals surface area contributed by atoms with Gasteiger partial charge in [-0.1, -0.05) is 0 Å². The highest BCUT2D eigenvalue weighted by Gasteiger charge is 1.86. The van der Waals surface area contributed by atoms with Gasteiger partial charge in [0.1, 0.15) is 5.01 Å². The highest BCUT2D eigenvalue weighted by molar-refractivity contribution is 7.10. The quantitative estimate of drug-likeness (QED) is 0.641. The second-order valence-corrected chi connectivity index (χ2v) is 2.68. The molecule has 0 amide bonds. The molecule has 0 atom stereocenters. The Morgan fingerprint density at radius 3 is 3.11 bits per heavy atom. The van der Waals surface area contributed by atoms with Crippen molar-refractivity contribution in [3.63, 3.8) is 0 Å². The van der Waals surface area contributed by atoms with E-state index in [1.807, 2.05) is 18.4 Å². The fraction of sp³-hybridized carbons (Fsp3) is 0.167. The Bertz CT molecular complexity index is 197. The third-order valence-electron chi connectivity index (χ3n) is 0.803. The third kappa shape index (κ3) is 1.85. The van der Waals surface area contributed by atoms with Crippen molar-refractivity contribution in [1.82, 2.24) is 4.98 Å². The molecule has 2 N–H and O–H groups in total. The molecule has 2 nitrogen and oxygen atoms in total. The Labute approximate surface area is 58.0 Å². The predicted molar refractivity (Wildman–Crippen MR) is 40.0 cm³/mol. The van der Waals surface area contributed by atoms with Gasteiger partial charge in [-0.2, -0.15) is 0 Å². The summed E-state index contributed by atoms with van der Waals surface area (Å²) in [5, 5.41) is 2.89. The molecule has 0 fully saturated rings. The van der Waals surface area contributed by atoms with Crippen LogP contribution >= 0.6 is 11.3 Å². The average Bonchev–Trinajstić information content (AvgIpc) is 2.15. The van der Waals surface area contributed by atoms with Crippen LogP contribution < -0.4 is 5.73 Å². The number of hydrogen-bond donors (Lipinski definition) is 1. The molecule has 0 saturated heterocycles. The molecular formula is C6H8N2S. The Balaban J connectivity index is 2.80. The summed E-state index contributed by atoms with van der Waals surface area (Å²) in [6.45, 7) is 1.85. The van der Waals surface area contributed by atoms with E-state index in [1.54, 1.807) is 17.5 Å². The number of thiazole rings is 1. The van der Waals surface area contributed by atoms with Crippen LogP contribution in [0.5, 0.6) is 0 Å². The molecule has 1 rings (SSSR count). The first-order valence-electron chi connectivity index (χ1n) is 2.62. The lowest BCUT2D eigenvalue weighted by molar-refractivity contribution is 1.32. The van der Waals surface area contributed by atoms with Gasteiger partial charge in [0.25, 0.3) is 0 Å². The number of hydrogen-bond acceptors (Lipinski definition) is 3. The first-order valence-corrected chi connectivity index (χ1v) is 3.50. The fourth-order valence-corrected chi connectivity index (χ4v) is 1.14. The van der Waals surface area contributed by atoms with E-state index in [0.717, 1.165) is 10.7 Å². The maximum atomic E-state index is 5.41. The van der Waals surface area contributed by atoms with Crippen molar-refractivity contribution in [3.8, 4) is 0 Å². The van der Waals surface area contributed by atoms with E-state index in [2.05, 4.69) is 4.98 Å². The summed E-state index contributed by atoms with van der Waals surface area (Å²) in [4.78, 5) is 4.02. The topological polar surface area (TPSA) is 38.9 Å². The minimum atomic E-state index is 0.796. The summed E-state index contributed by atoms with van der Waals surface area (Å²) in [6, 6.07) is 0. The Morgan fingerprint density at radius 2 is 2.67 bits per heavy atom. The third-order valence-corrected chi connectivity index (χ3v) is 1.53. The lowest BCUT2D eigenvalue weighted by Gasteiger charge is -1.84. The summed E-state index contributed by atoms with van der Waals surface area (Å²) in [7, 11) is 0. The molecule has 0 aliphatic rings. The van der Waals surface area contributed by atoms with Gasteiger partial charge in [-0.05, 0) is 13.0 Å². The van der Waals surface area contributed by atoms with Crippen molar-refractivity contribution < 1.29 is 0 Å². The maximum absolute atomic E-state index is 5.41. The first-order chi connectivity index (χ1) is 4.29. The fourth-order valence-electron chi connectivity index (χ4n) is 0.501. The van der Waals surface area contributed by atoms with E-state index in [9.17, 15) is 0 Å². The van der Waals surface area contributed by atoms with Crippen molar-refractivity contribution in [2.24, 2.45) is 5.73 Å². The number of nitrogens with two attached hydrogens (primary N) is 1. The number of aromatic nitrogens is 1. The van der Waals surface area contributed by atoms with Gasteiger partial charge >= 0.3 is 0 Å². The molecule has 0 radical (unpaired) electrons. The normalized spacial score (nSPS) is 11.9. The highest BCUT2D eigenvalue weighted by Crippen LogP contribution is 2.06. The molecule has 0 saturated carbocycles. The minimum absolute atomic E-state index is 0.796. The molecule has 1 heterocycles. The van der Waals surface area contributed by atoms with Crippen LogP contribution in [-0.4, -0.2) is 4.98 Å². The summed E-state index contributed by atoms with van der Waals surface area (Å²) in [5.74, 6) is 0. The Kier molecular flexibility index (Phi) is 1.85. The molecule has 48 valence electrons. The zero-order chi connectivity index (χ0) is 6.69. The van der Waals surface area contributed by atoms with Crippen molar-refractivity contribution in [1.29, 1.82) is 0 Å². The lowest BCUT2D eigenvalue weighted by Crippen LogP contribution is -1.88. The van der Waals surface area contributed by atoms with Crippen molar-refractivity contribution in [2.45, 2.75) is 6.92 Å². The lowest BCUT2D eigenvalue weighted by atomic mass is 10.5. The molecule has 0 aromatic carbocycles. The maximum Gasteiger partial charge on any atom is 0.117 e. The molecule has 0 unspecified atom stereocenters. The van der Waals surface area contributed by atoms with Crippen LogP contribution in [0.2, 0.25) is 0 Å². The van der Waals surface area contributed by atoms with Crippen LogP contribution in [0.3, 0.4) is 0 Å². The van der Waals surface area contributed by atoms with Crippen LogP contribution in [0.15, 0.2) is 17.3 Å². The summed E-state index contributed by atoms with van der Waals surface area (Å²) in [5.41, 5.74) is 6.21. The van der Waals surface area contributed by atoms with Gasteiger partial charge in [-0.15, -0.1) is 11.3 Å². The molecule has 0 spiro atoms. The highest BCUT2D eigenvalue weighted by atomic mass is 32.1. The van der Waals surface area contributed by atoms with Crippen LogP contribution in [-0.2, 0) is 0 Å². The predicted octanol–water partition coefficient (Wildman–Crippen LogP) is 1.46. The molecule has 0 aliphatic carbocycles. The molecule has 1 aromatic rings. The largest absolute Gasteiger partial charge is 0.402 e. The molecular weight excluding hydrogens is 132 g/mol. The zero-order valence-electron chi connectivity index (χ0n) is 5.16. The van der Waals surface area contributed by atoms with Crippen LogP contribution in [0.25, 0.3) is 6.08 Å². The summed E-state index contributed by atoms with van der Waals surface area (Å²) >= 11 is 1.58. The van der Waals surface area contributed by atoms with Gasteiger partial charge in [0.05, 0.1) is 0 Å². The molecule has 3 heteroatoms. The molecule has 1 aromatic heterocycles. The molecule has 9 heavy (non-hydrogen) atoms. The van der Waals surface area contributed by atoms with Gasteiger partial charge in [0.15, 0.2) is 0 Å². The van der Waals surface area contributed by atoms with Crippen LogP contribution in [0.1, 0.15) is 11.9 Å². The molecule has 0 bridgehead atoms. The Hall–Kier alpha value is -0.830. The first kappa shape index (κ1) is 6.29. The van der Waals surface area contributed by atoms with Crippen LogP contribution in [0, 0.1) is 0 Å². The zero-order valence-corrected chi connectivity index (χ0v) is 5.98. The molecule has 0 aliphatic heterocycles. The summed E-state index contributed by atoms with van der Waals surface area (Å²) in [6.07, 6.45) is 3.62. The van der Waals surface area contributed by atoms with Crippen molar-refractivity contribution >= 4 is 17.4 Å². The van der Waals surface area contributed by atoms with Crippen molar-refractivity contribution in [2.75, 3.05) is 0 Å². The SMILES string of the molecule is CC(N)=Cc1nccs1. The standard InChI is InChI=1S/C6H8N2S/c1-5(7)4-6-8-2-3-9-6/h2-4H,7H2,1H3. The van der Waals surface area contributed by atoms with Gasteiger partial charge in [-0.25, -0.2) is 4.98 Å². The van der Waals surface area contributed by atoms with Gasteiger partial charge in [-0.3, -0.25) is 0 Å². The van der Waals surface area contributed by atoms with E-state index in [1.165, 1.54) is 0 Å². The summed E-state index contributed by atoms with van der Waals surface area (Å²) < 4.78 is 0. The Morgan fingerprint density at radius 1 is 1.89 bits per heavy atom. The van der Waals surface area contributed by atoms with Gasteiger partial charge in [0, 0.05) is 17.3 Å². The van der Waals surface area contributed by atoms with Crippen molar-refractivity contribution in [3.05, 3.63) is 22.3 Å². The second-order valence-electron chi connectivity index (χ2n) is 1.76. The van der Waals surface area contributed by atoms with E-state index >= 15 is 0 Å². The van der Waals surface area contributed by atoms with E-state index in [4.69, 9.17) is 5.73 Å². The minimum Gasteiger partial charge on any atom is -0.402 e. The number of rotatable bonds is 1. The second kappa shape index (κ2) is 2.64. The van der Waals surface area contributed by atoms with E-state index in [0.29, 0.717) is 0 Å². The van der Waals surface area contributed by atoms with Gasteiger partial charge < -0.3 is 5.73 Å². The van der Waals surface area contributed by atoms with Crippen LogP contribution in [0.4, 0.5) is 0 Å². The van der Waals surface area contributed by atoms with E-state index < -0.39 is 0 Å². The average molecular weight is 140 g/mol. The smallest absolute Gasteiger partial charge is 0.117 e. The van der Waals surface area contributed by atoms with Gasteiger partial charge in [0.2, 0.25) is 0 Å².